The van der Waals surface area contributed by atoms with Crippen LogP contribution in [0.25, 0.3) is 0 Å². The van der Waals surface area contributed by atoms with Crippen molar-refractivity contribution >= 4 is 17.6 Å². The van der Waals surface area contributed by atoms with Crippen molar-refractivity contribution in [1.82, 2.24) is 10.2 Å². The third-order valence-corrected chi connectivity index (χ3v) is 4.70. The third-order valence-electron chi connectivity index (χ3n) is 4.70. The molecule has 1 unspecified atom stereocenters. The molecule has 1 fully saturated rings. The average molecular weight is 380 g/mol. The fraction of sp³-hybridized carbons (Fsp3) is 0.318. The Balaban J connectivity index is 1.52. The zero-order chi connectivity index (χ0) is 19.9. The van der Waals surface area contributed by atoms with Gasteiger partial charge in [-0.25, -0.2) is 0 Å². The molecule has 2 amide bonds. The second-order valence-corrected chi connectivity index (χ2v) is 6.89. The number of rotatable bonds is 6. The zero-order valence-corrected chi connectivity index (χ0v) is 15.9. The minimum absolute atomic E-state index is 0.00141. The molecular formula is C22H24N2O4. The highest BCUT2D eigenvalue weighted by Crippen LogP contribution is 2.16. The Morgan fingerprint density at radius 2 is 1.71 bits per heavy atom. The summed E-state index contributed by atoms with van der Waals surface area (Å²) in [5.74, 6) is 0.286. The molecule has 6 nitrogen and oxygen atoms in total. The summed E-state index contributed by atoms with van der Waals surface area (Å²) in [6, 6.07) is 15.9. The number of ketones is 1. The van der Waals surface area contributed by atoms with Crippen molar-refractivity contribution in [1.29, 1.82) is 0 Å². The van der Waals surface area contributed by atoms with Gasteiger partial charge in [-0.05, 0) is 37.1 Å². The minimum Gasteiger partial charge on any atom is -0.484 e. The van der Waals surface area contributed by atoms with E-state index in [1.165, 1.54) is 6.92 Å². The molecule has 1 aliphatic heterocycles. The highest BCUT2D eigenvalue weighted by molar-refractivity contribution is 6.08. The number of hydrogen-bond acceptors (Lipinski definition) is 4. The molecular weight excluding hydrogens is 356 g/mol. The van der Waals surface area contributed by atoms with Crippen molar-refractivity contribution in [2.24, 2.45) is 0 Å². The molecule has 2 aromatic carbocycles. The third kappa shape index (κ3) is 5.19. The van der Waals surface area contributed by atoms with E-state index in [9.17, 15) is 14.4 Å². The molecule has 0 aromatic heterocycles. The first-order chi connectivity index (χ1) is 13.5. The largest absolute Gasteiger partial charge is 0.484 e. The predicted molar refractivity (Wildman–Crippen MR) is 105 cm³/mol. The summed E-state index contributed by atoms with van der Waals surface area (Å²) >= 11 is 0. The number of amides is 2. The van der Waals surface area contributed by atoms with E-state index in [-0.39, 0.29) is 30.2 Å². The minimum atomic E-state index is -0.112. The molecule has 1 heterocycles. The normalized spacial score (nSPS) is 16.3. The van der Waals surface area contributed by atoms with Gasteiger partial charge in [0.1, 0.15) is 5.75 Å². The van der Waals surface area contributed by atoms with Gasteiger partial charge in [0.15, 0.2) is 12.4 Å². The summed E-state index contributed by atoms with van der Waals surface area (Å²) < 4.78 is 5.59. The van der Waals surface area contributed by atoms with Gasteiger partial charge in [-0.15, -0.1) is 0 Å². The number of nitrogens with one attached hydrogen (secondary N) is 1. The Hall–Kier alpha value is -3.15. The van der Waals surface area contributed by atoms with E-state index < -0.39 is 0 Å². The van der Waals surface area contributed by atoms with Gasteiger partial charge >= 0.3 is 0 Å². The molecule has 0 spiro atoms. The lowest BCUT2D eigenvalue weighted by Gasteiger charge is -2.32. The lowest BCUT2D eigenvalue weighted by atomic mass is 10.0. The van der Waals surface area contributed by atoms with Gasteiger partial charge in [0.2, 0.25) is 5.91 Å². The maximum absolute atomic E-state index is 12.4. The van der Waals surface area contributed by atoms with Crippen LogP contribution < -0.4 is 10.1 Å². The second-order valence-electron chi connectivity index (χ2n) is 6.89. The number of ether oxygens (including phenoxy) is 1. The van der Waals surface area contributed by atoms with Crippen molar-refractivity contribution in [3.63, 3.8) is 0 Å². The second kappa shape index (κ2) is 9.17. The first-order valence-corrected chi connectivity index (χ1v) is 9.40. The Morgan fingerprint density at radius 1 is 1.04 bits per heavy atom. The van der Waals surface area contributed by atoms with Gasteiger partial charge < -0.3 is 15.0 Å². The van der Waals surface area contributed by atoms with Crippen LogP contribution in [0.3, 0.4) is 0 Å². The van der Waals surface area contributed by atoms with Crippen LogP contribution in [0.1, 0.15) is 35.7 Å². The van der Waals surface area contributed by atoms with Crippen molar-refractivity contribution in [2.75, 3.05) is 19.7 Å². The molecule has 1 aliphatic rings. The molecule has 0 aliphatic carbocycles. The van der Waals surface area contributed by atoms with Crippen LogP contribution in [0.15, 0.2) is 54.6 Å². The Bertz CT molecular complexity index is 833. The van der Waals surface area contributed by atoms with E-state index in [0.717, 1.165) is 12.8 Å². The Kier molecular flexibility index (Phi) is 6.42. The summed E-state index contributed by atoms with van der Waals surface area (Å²) in [5.41, 5.74) is 1.20. The van der Waals surface area contributed by atoms with Gasteiger partial charge in [-0.2, -0.15) is 0 Å². The monoisotopic (exact) mass is 380 g/mol. The fourth-order valence-electron chi connectivity index (χ4n) is 3.30. The molecule has 3 rings (SSSR count). The topological polar surface area (TPSA) is 75.7 Å². The van der Waals surface area contributed by atoms with E-state index in [0.29, 0.717) is 30.0 Å². The van der Waals surface area contributed by atoms with Gasteiger partial charge in [0.05, 0.1) is 0 Å². The molecule has 146 valence electrons. The SMILES string of the molecule is CC(=O)NC1CCCN(C(=O)COc2ccc(C(=O)c3ccccc3)cc2)C1. The van der Waals surface area contributed by atoms with E-state index >= 15 is 0 Å². The Morgan fingerprint density at radius 3 is 2.39 bits per heavy atom. The van der Waals surface area contributed by atoms with Crippen molar-refractivity contribution < 1.29 is 19.1 Å². The number of carbonyl (C=O) groups is 3. The summed E-state index contributed by atoms with van der Waals surface area (Å²) in [6.07, 6.45) is 1.73. The predicted octanol–water partition coefficient (Wildman–Crippen LogP) is 2.42. The van der Waals surface area contributed by atoms with Gasteiger partial charge in [0.25, 0.3) is 5.91 Å². The smallest absolute Gasteiger partial charge is 0.260 e. The molecule has 28 heavy (non-hydrogen) atoms. The van der Waals surface area contributed by atoms with Crippen LogP contribution in [0, 0.1) is 0 Å². The first kappa shape index (κ1) is 19.6. The maximum Gasteiger partial charge on any atom is 0.260 e. The van der Waals surface area contributed by atoms with Crippen LogP contribution in [0.5, 0.6) is 5.75 Å². The van der Waals surface area contributed by atoms with E-state index in [4.69, 9.17) is 4.74 Å². The quantitative estimate of drug-likeness (QED) is 0.781. The molecule has 0 radical (unpaired) electrons. The summed E-state index contributed by atoms with van der Waals surface area (Å²) in [5, 5.41) is 2.87. The lowest BCUT2D eigenvalue weighted by Crippen LogP contribution is -2.50. The average Bonchev–Trinajstić information content (AvgIpc) is 2.72. The summed E-state index contributed by atoms with van der Waals surface area (Å²) in [6.45, 7) is 2.59. The van der Waals surface area contributed by atoms with Crippen LogP contribution in [0.4, 0.5) is 0 Å². The van der Waals surface area contributed by atoms with Gasteiger partial charge in [-0.1, -0.05) is 30.3 Å². The summed E-state index contributed by atoms with van der Waals surface area (Å²) in [7, 11) is 0. The van der Waals surface area contributed by atoms with Crippen LogP contribution in [0.2, 0.25) is 0 Å². The number of hydrogen-bond donors (Lipinski definition) is 1. The molecule has 0 bridgehead atoms. The number of piperidine rings is 1. The van der Waals surface area contributed by atoms with Crippen molar-refractivity contribution in [2.45, 2.75) is 25.8 Å². The van der Waals surface area contributed by atoms with Crippen molar-refractivity contribution in [3.8, 4) is 5.75 Å². The number of likely N-dealkylation sites (tertiary alicyclic amines) is 1. The van der Waals surface area contributed by atoms with Crippen LogP contribution in [-0.2, 0) is 9.59 Å². The van der Waals surface area contributed by atoms with Crippen LogP contribution >= 0.6 is 0 Å². The number of nitrogens with zero attached hydrogens (tertiary/aromatic N) is 1. The standard InChI is InChI=1S/C22H24N2O4/c1-16(25)23-19-8-5-13-24(14-19)21(26)15-28-20-11-9-18(10-12-20)22(27)17-6-3-2-4-7-17/h2-4,6-7,9-12,19H,5,8,13-15H2,1H3,(H,23,25). The fourth-order valence-corrected chi connectivity index (χ4v) is 3.30. The molecule has 1 saturated heterocycles. The molecule has 0 saturated carbocycles. The molecule has 1 N–H and O–H groups in total. The van der Waals surface area contributed by atoms with Crippen LogP contribution in [-0.4, -0.2) is 48.2 Å². The summed E-state index contributed by atoms with van der Waals surface area (Å²) in [4.78, 5) is 37.7. The Labute approximate surface area is 164 Å². The van der Waals surface area contributed by atoms with Gasteiger partial charge in [-0.3, -0.25) is 14.4 Å². The van der Waals surface area contributed by atoms with E-state index in [1.54, 1.807) is 41.3 Å². The highest BCUT2D eigenvalue weighted by Gasteiger charge is 2.24. The highest BCUT2D eigenvalue weighted by atomic mass is 16.5. The molecule has 2 aromatic rings. The lowest BCUT2D eigenvalue weighted by molar-refractivity contribution is -0.135. The van der Waals surface area contributed by atoms with Crippen molar-refractivity contribution in [3.05, 3.63) is 65.7 Å². The molecule has 1 atom stereocenters. The number of benzene rings is 2. The first-order valence-electron chi connectivity index (χ1n) is 9.40. The van der Waals surface area contributed by atoms with E-state index in [1.807, 2.05) is 18.2 Å². The van der Waals surface area contributed by atoms with E-state index in [2.05, 4.69) is 5.32 Å². The van der Waals surface area contributed by atoms with Gasteiger partial charge in [0, 0.05) is 37.2 Å². The molecule has 6 heteroatoms. The zero-order valence-electron chi connectivity index (χ0n) is 15.9. The number of carbonyl (C=O) groups excluding carboxylic acids is 3. The maximum atomic E-state index is 12.4.